The van der Waals surface area contributed by atoms with Crippen LogP contribution in [0.2, 0.25) is 0 Å². The third-order valence-corrected chi connectivity index (χ3v) is 2.91. The van der Waals surface area contributed by atoms with E-state index in [9.17, 15) is 0 Å². The first-order valence-corrected chi connectivity index (χ1v) is 4.47. The van der Waals surface area contributed by atoms with Crippen LogP contribution in [0.5, 0.6) is 0 Å². The summed E-state index contributed by atoms with van der Waals surface area (Å²) >= 11 is 3.37. The van der Waals surface area contributed by atoms with Crippen molar-refractivity contribution in [2.75, 3.05) is 11.9 Å². The molecule has 0 bridgehead atoms. The SMILES string of the molecule is CCCC(C)(CO)CBr. The molecule has 0 saturated heterocycles. The fourth-order valence-electron chi connectivity index (χ4n) is 0.792. The summed E-state index contributed by atoms with van der Waals surface area (Å²) in [6, 6.07) is 0. The lowest BCUT2D eigenvalue weighted by atomic mass is 9.89. The van der Waals surface area contributed by atoms with Gasteiger partial charge >= 0.3 is 0 Å². The normalized spacial score (nSPS) is 17.3. The highest BCUT2D eigenvalue weighted by Crippen LogP contribution is 2.24. The second-order valence-electron chi connectivity index (χ2n) is 2.85. The van der Waals surface area contributed by atoms with Gasteiger partial charge in [0.15, 0.2) is 0 Å². The molecule has 0 radical (unpaired) electrons. The van der Waals surface area contributed by atoms with Gasteiger partial charge in [0.1, 0.15) is 0 Å². The van der Waals surface area contributed by atoms with Crippen LogP contribution < -0.4 is 0 Å². The molecule has 9 heavy (non-hydrogen) atoms. The van der Waals surface area contributed by atoms with Gasteiger partial charge in [-0.15, -0.1) is 0 Å². The maximum atomic E-state index is 8.89. The molecule has 0 fully saturated rings. The number of aliphatic hydroxyl groups is 1. The molecular formula is C7H15BrO. The highest BCUT2D eigenvalue weighted by molar-refractivity contribution is 9.09. The number of rotatable bonds is 4. The zero-order valence-electron chi connectivity index (χ0n) is 6.15. The van der Waals surface area contributed by atoms with Crippen LogP contribution in [0, 0.1) is 5.41 Å². The van der Waals surface area contributed by atoms with Gasteiger partial charge in [-0.05, 0) is 6.42 Å². The summed E-state index contributed by atoms with van der Waals surface area (Å²) in [5.41, 5.74) is 0.106. The van der Waals surface area contributed by atoms with Crippen molar-refractivity contribution in [1.29, 1.82) is 0 Å². The highest BCUT2D eigenvalue weighted by Gasteiger charge is 2.19. The van der Waals surface area contributed by atoms with Gasteiger partial charge in [-0.2, -0.15) is 0 Å². The van der Waals surface area contributed by atoms with E-state index in [1.165, 1.54) is 0 Å². The zero-order chi connectivity index (χ0) is 7.33. The first-order valence-electron chi connectivity index (χ1n) is 3.35. The van der Waals surface area contributed by atoms with Crippen LogP contribution in [0.25, 0.3) is 0 Å². The molecule has 0 amide bonds. The third kappa shape index (κ3) is 3.21. The van der Waals surface area contributed by atoms with Gasteiger partial charge in [-0.25, -0.2) is 0 Å². The molecular weight excluding hydrogens is 180 g/mol. The van der Waals surface area contributed by atoms with Crippen molar-refractivity contribution in [2.24, 2.45) is 5.41 Å². The molecule has 1 atom stereocenters. The number of hydrogen-bond donors (Lipinski definition) is 1. The molecule has 56 valence electrons. The van der Waals surface area contributed by atoms with Crippen LogP contribution in [0.4, 0.5) is 0 Å². The van der Waals surface area contributed by atoms with E-state index in [-0.39, 0.29) is 12.0 Å². The van der Waals surface area contributed by atoms with Crippen molar-refractivity contribution < 1.29 is 5.11 Å². The second kappa shape index (κ2) is 4.29. The van der Waals surface area contributed by atoms with Crippen molar-refractivity contribution in [1.82, 2.24) is 0 Å². The van der Waals surface area contributed by atoms with E-state index in [0.717, 1.165) is 18.2 Å². The molecule has 0 rings (SSSR count). The Balaban J connectivity index is 3.62. The topological polar surface area (TPSA) is 20.2 Å². The number of hydrogen-bond acceptors (Lipinski definition) is 1. The molecule has 1 unspecified atom stereocenters. The van der Waals surface area contributed by atoms with Gasteiger partial charge in [-0.3, -0.25) is 0 Å². The molecule has 0 aliphatic heterocycles. The minimum atomic E-state index is 0.106. The molecule has 0 aromatic heterocycles. The molecule has 1 nitrogen and oxygen atoms in total. The Morgan fingerprint density at radius 3 is 2.22 bits per heavy atom. The van der Waals surface area contributed by atoms with E-state index in [1.54, 1.807) is 0 Å². The van der Waals surface area contributed by atoms with Gasteiger partial charge in [0, 0.05) is 17.4 Å². The van der Waals surface area contributed by atoms with E-state index < -0.39 is 0 Å². The Bertz CT molecular complexity index is 69.3. The van der Waals surface area contributed by atoms with Crippen LogP contribution in [-0.2, 0) is 0 Å². The zero-order valence-corrected chi connectivity index (χ0v) is 7.74. The summed E-state index contributed by atoms with van der Waals surface area (Å²) in [6.07, 6.45) is 2.23. The molecule has 0 aliphatic carbocycles. The van der Waals surface area contributed by atoms with Crippen molar-refractivity contribution in [3.8, 4) is 0 Å². The average molecular weight is 195 g/mol. The largest absolute Gasteiger partial charge is 0.396 e. The summed E-state index contributed by atoms with van der Waals surface area (Å²) in [4.78, 5) is 0. The van der Waals surface area contributed by atoms with E-state index >= 15 is 0 Å². The highest BCUT2D eigenvalue weighted by atomic mass is 79.9. The molecule has 0 aliphatic rings. The minimum absolute atomic E-state index is 0.106. The summed E-state index contributed by atoms with van der Waals surface area (Å²) < 4.78 is 0. The van der Waals surface area contributed by atoms with Crippen molar-refractivity contribution >= 4 is 15.9 Å². The van der Waals surface area contributed by atoms with E-state index in [0.29, 0.717) is 0 Å². The fourth-order valence-corrected chi connectivity index (χ4v) is 1.25. The van der Waals surface area contributed by atoms with Crippen molar-refractivity contribution in [2.45, 2.75) is 26.7 Å². The van der Waals surface area contributed by atoms with Crippen LogP contribution in [0.15, 0.2) is 0 Å². The Kier molecular flexibility index (Phi) is 4.50. The number of halogens is 1. The first kappa shape index (κ1) is 9.44. The lowest BCUT2D eigenvalue weighted by Crippen LogP contribution is -2.22. The van der Waals surface area contributed by atoms with Crippen LogP contribution in [0.1, 0.15) is 26.7 Å². The summed E-state index contributed by atoms with van der Waals surface area (Å²) in [5, 5.41) is 9.78. The van der Waals surface area contributed by atoms with Gasteiger partial charge in [0.25, 0.3) is 0 Å². The Hall–Kier alpha value is 0.440. The third-order valence-electron chi connectivity index (χ3n) is 1.56. The van der Waals surface area contributed by atoms with Crippen molar-refractivity contribution in [3.63, 3.8) is 0 Å². The monoisotopic (exact) mass is 194 g/mol. The fraction of sp³-hybridized carbons (Fsp3) is 1.00. The quantitative estimate of drug-likeness (QED) is 0.681. The molecule has 2 heteroatoms. The second-order valence-corrected chi connectivity index (χ2v) is 3.41. The summed E-state index contributed by atoms with van der Waals surface area (Å²) in [7, 11) is 0. The molecule has 0 aromatic rings. The maximum Gasteiger partial charge on any atom is 0.0492 e. The number of aliphatic hydroxyl groups excluding tert-OH is 1. The average Bonchev–Trinajstić information content (AvgIpc) is 1.89. The predicted molar refractivity (Wildman–Crippen MR) is 43.9 cm³/mol. The molecule has 0 saturated carbocycles. The van der Waals surface area contributed by atoms with Crippen LogP contribution >= 0.6 is 15.9 Å². The standard InChI is InChI=1S/C7H15BrO/c1-3-4-7(2,5-8)6-9/h9H,3-6H2,1-2H3. The molecule has 0 heterocycles. The van der Waals surface area contributed by atoms with Crippen LogP contribution in [0.3, 0.4) is 0 Å². The Labute approximate surface area is 65.6 Å². The van der Waals surface area contributed by atoms with E-state index in [4.69, 9.17) is 5.11 Å². The Morgan fingerprint density at radius 1 is 1.56 bits per heavy atom. The molecule has 0 aromatic carbocycles. The van der Waals surface area contributed by atoms with Crippen molar-refractivity contribution in [3.05, 3.63) is 0 Å². The first-order chi connectivity index (χ1) is 4.18. The van der Waals surface area contributed by atoms with Crippen LogP contribution in [-0.4, -0.2) is 17.0 Å². The number of alkyl halides is 1. The summed E-state index contributed by atoms with van der Waals surface area (Å²) in [5.74, 6) is 0. The molecule has 0 spiro atoms. The lowest BCUT2D eigenvalue weighted by Gasteiger charge is -2.23. The van der Waals surface area contributed by atoms with Gasteiger partial charge < -0.3 is 5.11 Å². The summed E-state index contributed by atoms with van der Waals surface area (Å²) in [6.45, 7) is 4.51. The van der Waals surface area contributed by atoms with E-state index in [1.807, 2.05) is 0 Å². The van der Waals surface area contributed by atoms with Gasteiger partial charge in [0.05, 0.1) is 0 Å². The predicted octanol–water partition coefficient (Wildman–Crippen LogP) is 2.18. The smallest absolute Gasteiger partial charge is 0.0492 e. The lowest BCUT2D eigenvalue weighted by molar-refractivity contribution is 0.155. The van der Waals surface area contributed by atoms with Gasteiger partial charge in [-0.1, -0.05) is 36.2 Å². The maximum absolute atomic E-state index is 8.89. The van der Waals surface area contributed by atoms with Gasteiger partial charge in [0.2, 0.25) is 0 Å². The minimum Gasteiger partial charge on any atom is -0.396 e. The Morgan fingerprint density at radius 2 is 2.11 bits per heavy atom. The molecule has 1 N–H and O–H groups in total. The van der Waals surface area contributed by atoms with E-state index in [2.05, 4.69) is 29.8 Å².